The number of nitrogens with zero attached hydrogens (tertiary/aromatic N) is 1. The van der Waals surface area contributed by atoms with E-state index < -0.39 is 6.04 Å². The molecule has 0 bridgehead atoms. The van der Waals surface area contributed by atoms with Crippen molar-refractivity contribution in [1.82, 2.24) is 9.88 Å². The van der Waals surface area contributed by atoms with Gasteiger partial charge in [0.05, 0.1) is 5.52 Å². The SMILES string of the molecule is CC(=O)N1CCC[C@@H]1C(=O)Nc1ccc2[nH]c(=S)oc2c1. The predicted molar refractivity (Wildman–Crippen MR) is 80.4 cm³/mol. The van der Waals surface area contributed by atoms with Crippen LogP contribution in [0.4, 0.5) is 5.69 Å². The highest BCUT2D eigenvalue weighted by molar-refractivity contribution is 7.71. The molecule has 1 aliphatic heterocycles. The number of likely N-dealkylation sites (tertiary alicyclic amines) is 1. The Kier molecular flexibility index (Phi) is 3.50. The van der Waals surface area contributed by atoms with Crippen LogP contribution in [-0.4, -0.2) is 34.3 Å². The summed E-state index contributed by atoms with van der Waals surface area (Å²) in [5.41, 5.74) is 2.00. The summed E-state index contributed by atoms with van der Waals surface area (Å²) in [5, 5.41) is 2.83. The van der Waals surface area contributed by atoms with Crippen molar-refractivity contribution in [3.8, 4) is 0 Å². The fourth-order valence-electron chi connectivity index (χ4n) is 2.66. The Balaban J connectivity index is 1.79. The number of fused-ring (bicyclic) bond motifs is 1. The van der Waals surface area contributed by atoms with Gasteiger partial charge >= 0.3 is 0 Å². The molecule has 1 fully saturated rings. The van der Waals surface area contributed by atoms with E-state index in [0.717, 1.165) is 11.9 Å². The minimum absolute atomic E-state index is 0.0699. The van der Waals surface area contributed by atoms with Gasteiger partial charge in [-0.3, -0.25) is 9.59 Å². The number of H-pyrrole nitrogens is 1. The molecule has 1 aromatic heterocycles. The molecule has 0 aliphatic carbocycles. The summed E-state index contributed by atoms with van der Waals surface area (Å²) in [7, 11) is 0. The molecule has 0 radical (unpaired) electrons. The van der Waals surface area contributed by atoms with Crippen molar-refractivity contribution >= 4 is 40.8 Å². The number of carbonyl (C=O) groups is 2. The molecule has 0 unspecified atom stereocenters. The monoisotopic (exact) mass is 305 g/mol. The molecule has 21 heavy (non-hydrogen) atoms. The minimum atomic E-state index is -0.393. The smallest absolute Gasteiger partial charge is 0.266 e. The first-order valence-corrected chi connectivity index (χ1v) is 7.16. The van der Waals surface area contributed by atoms with E-state index in [0.29, 0.717) is 29.1 Å². The van der Waals surface area contributed by atoms with Gasteiger partial charge in [0, 0.05) is 25.2 Å². The molecule has 110 valence electrons. The van der Waals surface area contributed by atoms with Crippen LogP contribution in [0.2, 0.25) is 0 Å². The Hall–Kier alpha value is -2.15. The Labute approximate surface area is 126 Å². The van der Waals surface area contributed by atoms with Gasteiger partial charge in [-0.05, 0) is 37.2 Å². The van der Waals surface area contributed by atoms with Gasteiger partial charge in [0.2, 0.25) is 11.8 Å². The van der Waals surface area contributed by atoms with Crippen LogP contribution in [0.3, 0.4) is 0 Å². The van der Waals surface area contributed by atoms with Crippen molar-refractivity contribution in [2.45, 2.75) is 25.8 Å². The van der Waals surface area contributed by atoms with E-state index >= 15 is 0 Å². The number of carbonyl (C=O) groups excluding carboxylic acids is 2. The van der Waals surface area contributed by atoms with Crippen molar-refractivity contribution in [3.63, 3.8) is 0 Å². The largest absolute Gasteiger partial charge is 0.429 e. The molecule has 2 heterocycles. The number of benzene rings is 1. The second-order valence-electron chi connectivity index (χ2n) is 5.09. The van der Waals surface area contributed by atoms with Gasteiger partial charge in [0.1, 0.15) is 6.04 Å². The summed E-state index contributed by atoms with van der Waals surface area (Å²) in [6, 6.07) is 4.89. The maximum absolute atomic E-state index is 12.3. The van der Waals surface area contributed by atoms with E-state index in [1.54, 1.807) is 23.1 Å². The molecule has 1 saturated heterocycles. The first kappa shape index (κ1) is 13.8. The highest BCUT2D eigenvalue weighted by Crippen LogP contribution is 2.22. The first-order valence-electron chi connectivity index (χ1n) is 6.75. The van der Waals surface area contributed by atoms with Crippen LogP contribution in [0.1, 0.15) is 19.8 Å². The van der Waals surface area contributed by atoms with E-state index in [1.807, 2.05) is 0 Å². The third-order valence-corrected chi connectivity index (χ3v) is 3.83. The molecule has 1 atom stereocenters. The highest BCUT2D eigenvalue weighted by Gasteiger charge is 2.32. The number of oxazole rings is 1. The van der Waals surface area contributed by atoms with Crippen LogP contribution in [0.25, 0.3) is 11.1 Å². The van der Waals surface area contributed by atoms with Crippen molar-refractivity contribution in [3.05, 3.63) is 23.0 Å². The third kappa shape index (κ3) is 2.69. The van der Waals surface area contributed by atoms with Crippen LogP contribution in [0, 0.1) is 4.84 Å². The van der Waals surface area contributed by atoms with Gasteiger partial charge in [-0.1, -0.05) is 0 Å². The fourth-order valence-corrected chi connectivity index (χ4v) is 2.86. The van der Waals surface area contributed by atoms with Crippen LogP contribution in [0.15, 0.2) is 22.6 Å². The summed E-state index contributed by atoms with van der Waals surface area (Å²) in [5.74, 6) is -0.240. The average Bonchev–Trinajstić information content (AvgIpc) is 3.03. The maximum Gasteiger partial charge on any atom is 0.266 e. The first-order chi connectivity index (χ1) is 10.0. The predicted octanol–water partition coefficient (Wildman–Crippen LogP) is 2.44. The molecule has 2 N–H and O–H groups in total. The van der Waals surface area contributed by atoms with E-state index in [1.165, 1.54) is 6.92 Å². The second-order valence-corrected chi connectivity index (χ2v) is 5.46. The van der Waals surface area contributed by atoms with Gasteiger partial charge < -0.3 is 19.6 Å². The molecule has 1 aromatic carbocycles. The number of aromatic nitrogens is 1. The average molecular weight is 305 g/mol. The summed E-state index contributed by atoms with van der Waals surface area (Å²) in [6.45, 7) is 2.13. The van der Waals surface area contributed by atoms with Gasteiger partial charge in [-0.15, -0.1) is 0 Å². The summed E-state index contributed by atoms with van der Waals surface area (Å²) >= 11 is 4.92. The molecule has 3 rings (SSSR count). The second kappa shape index (κ2) is 5.33. The van der Waals surface area contributed by atoms with Crippen LogP contribution < -0.4 is 5.32 Å². The highest BCUT2D eigenvalue weighted by atomic mass is 32.1. The number of nitrogens with one attached hydrogen (secondary N) is 2. The summed E-state index contributed by atoms with van der Waals surface area (Å²) < 4.78 is 5.32. The quantitative estimate of drug-likeness (QED) is 0.835. The maximum atomic E-state index is 12.3. The number of hydrogen-bond acceptors (Lipinski definition) is 4. The topological polar surface area (TPSA) is 78.3 Å². The molecule has 7 heteroatoms. The standard InChI is InChI=1S/C14H15N3O3S/c1-8(18)17-6-2-3-11(17)13(19)15-9-4-5-10-12(7-9)20-14(21)16-10/h4-5,7,11H,2-3,6H2,1H3,(H,15,19)(H,16,21)/t11-/m1/s1. The lowest BCUT2D eigenvalue weighted by molar-refractivity contribution is -0.134. The lowest BCUT2D eigenvalue weighted by atomic mass is 10.2. The van der Waals surface area contributed by atoms with Gasteiger partial charge in [0.25, 0.3) is 4.84 Å². The molecule has 1 aliphatic rings. The molecule has 6 nitrogen and oxygen atoms in total. The lowest BCUT2D eigenvalue weighted by Gasteiger charge is -2.22. The third-order valence-electron chi connectivity index (χ3n) is 3.65. The normalized spacial score (nSPS) is 18.1. The Morgan fingerprint density at radius 1 is 1.48 bits per heavy atom. The number of aromatic amines is 1. The number of rotatable bonds is 2. The minimum Gasteiger partial charge on any atom is -0.429 e. The number of hydrogen-bond donors (Lipinski definition) is 2. The summed E-state index contributed by atoms with van der Waals surface area (Å²) in [4.78, 5) is 28.6. The van der Waals surface area contributed by atoms with Crippen molar-refractivity contribution in [2.75, 3.05) is 11.9 Å². The Morgan fingerprint density at radius 2 is 2.29 bits per heavy atom. The molecule has 2 aromatic rings. The molecule has 0 saturated carbocycles. The zero-order chi connectivity index (χ0) is 15.0. The molecular weight excluding hydrogens is 290 g/mol. The number of amides is 2. The lowest BCUT2D eigenvalue weighted by Crippen LogP contribution is -2.42. The molecular formula is C14H15N3O3S. The zero-order valence-corrected chi connectivity index (χ0v) is 12.3. The fraction of sp³-hybridized carbons (Fsp3) is 0.357. The van der Waals surface area contributed by atoms with Gasteiger partial charge in [-0.25, -0.2) is 0 Å². The van der Waals surface area contributed by atoms with E-state index in [2.05, 4.69) is 10.3 Å². The summed E-state index contributed by atoms with van der Waals surface area (Å²) in [6.07, 6.45) is 1.54. The Bertz CT molecular complexity index is 764. The Morgan fingerprint density at radius 3 is 3.05 bits per heavy atom. The van der Waals surface area contributed by atoms with Gasteiger partial charge in [-0.2, -0.15) is 0 Å². The van der Waals surface area contributed by atoms with E-state index in [9.17, 15) is 9.59 Å². The van der Waals surface area contributed by atoms with Crippen LogP contribution in [-0.2, 0) is 9.59 Å². The molecule has 0 spiro atoms. The van der Waals surface area contributed by atoms with Crippen LogP contribution in [0.5, 0.6) is 0 Å². The molecule has 2 amide bonds. The number of anilines is 1. The van der Waals surface area contributed by atoms with Crippen molar-refractivity contribution in [1.29, 1.82) is 0 Å². The van der Waals surface area contributed by atoms with E-state index in [4.69, 9.17) is 16.6 Å². The van der Waals surface area contributed by atoms with Crippen molar-refractivity contribution in [2.24, 2.45) is 0 Å². The zero-order valence-electron chi connectivity index (χ0n) is 11.5. The van der Waals surface area contributed by atoms with Crippen LogP contribution >= 0.6 is 12.2 Å². The van der Waals surface area contributed by atoms with Gasteiger partial charge in [0.15, 0.2) is 5.58 Å². The van der Waals surface area contributed by atoms with Crippen molar-refractivity contribution < 1.29 is 14.0 Å². The van der Waals surface area contributed by atoms with E-state index in [-0.39, 0.29) is 11.8 Å².